The van der Waals surface area contributed by atoms with Crippen molar-refractivity contribution in [3.63, 3.8) is 0 Å². The molecule has 0 aliphatic carbocycles. The van der Waals surface area contributed by atoms with E-state index < -0.39 is 5.41 Å². The number of piperidine rings is 1. The molecule has 0 saturated carbocycles. The van der Waals surface area contributed by atoms with Crippen LogP contribution in [0.2, 0.25) is 0 Å². The highest BCUT2D eigenvalue weighted by molar-refractivity contribution is 5.95. The molecule has 0 spiro atoms. The number of likely N-dealkylation sites (tertiary alicyclic amines) is 1. The van der Waals surface area contributed by atoms with Crippen molar-refractivity contribution in [2.75, 3.05) is 19.6 Å². The molecule has 0 radical (unpaired) electrons. The molecule has 1 heterocycles. The topological polar surface area (TPSA) is 73.2 Å². The quantitative estimate of drug-likeness (QED) is 0.927. The van der Waals surface area contributed by atoms with Gasteiger partial charge in [0.05, 0.1) is 17.0 Å². The second-order valence-electron chi connectivity index (χ2n) is 6.34. The molecule has 1 unspecified atom stereocenters. The van der Waals surface area contributed by atoms with Crippen LogP contribution in [0.3, 0.4) is 0 Å². The number of carbonyl (C=O) groups excluding carboxylic acids is 2. The Kier molecular flexibility index (Phi) is 5.38. The highest BCUT2D eigenvalue weighted by Gasteiger charge is 2.39. The van der Waals surface area contributed by atoms with E-state index in [-0.39, 0.29) is 11.8 Å². The third kappa shape index (κ3) is 3.89. The molecule has 1 N–H and O–H groups in total. The van der Waals surface area contributed by atoms with Crippen LogP contribution in [-0.2, 0) is 4.79 Å². The van der Waals surface area contributed by atoms with E-state index in [1.807, 2.05) is 19.9 Å². The maximum Gasteiger partial charge on any atom is 0.253 e. The van der Waals surface area contributed by atoms with Crippen molar-refractivity contribution in [1.29, 1.82) is 5.26 Å². The number of nitriles is 1. The smallest absolute Gasteiger partial charge is 0.253 e. The molecule has 1 saturated heterocycles. The van der Waals surface area contributed by atoms with E-state index >= 15 is 0 Å². The van der Waals surface area contributed by atoms with E-state index in [0.29, 0.717) is 30.8 Å². The molecular formula is C18H23N3O2. The van der Waals surface area contributed by atoms with Gasteiger partial charge < -0.3 is 10.2 Å². The standard InChI is InChI=1S/C18H23N3O2/c1-3-9-20-17(23)18(2)8-5-10-21(13-18)16(22)15-7-4-6-14(11-15)12-19/h4,6-7,11H,3,5,8-10,13H2,1-2H3,(H,20,23). The van der Waals surface area contributed by atoms with Gasteiger partial charge in [0.2, 0.25) is 5.91 Å². The van der Waals surface area contributed by atoms with E-state index in [4.69, 9.17) is 5.26 Å². The van der Waals surface area contributed by atoms with E-state index in [1.165, 1.54) is 0 Å². The first-order valence-corrected chi connectivity index (χ1v) is 8.08. The predicted molar refractivity (Wildman–Crippen MR) is 87.7 cm³/mol. The molecule has 5 nitrogen and oxygen atoms in total. The van der Waals surface area contributed by atoms with E-state index in [1.54, 1.807) is 29.2 Å². The lowest BCUT2D eigenvalue weighted by Crippen LogP contribution is -2.52. The van der Waals surface area contributed by atoms with Gasteiger partial charge in [-0.1, -0.05) is 13.0 Å². The lowest BCUT2D eigenvalue weighted by Gasteiger charge is -2.39. The largest absolute Gasteiger partial charge is 0.356 e. The first-order valence-electron chi connectivity index (χ1n) is 8.08. The lowest BCUT2D eigenvalue weighted by atomic mass is 9.80. The Labute approximate surface area is 137 Å². The number of rotatable bonds is 4. The zero-order chi connectivity index (χ0) is 16.9. The highest BCUT2D eigenvalue weighted by atomic mass is 16.2. The molecule has 1 fully saturated rings. The molecule has 1 aromatic rings. The fraction of sp³-hybridized carbons (Fsp3) is 0.500. The normalized spacial score (nSPS) is 20.7. The van der Waals surface area contributed by atoms with Gasteiger partial charge in [-0.2, -0.15) is 5.26 Å². The summed E-state index contributed by atoms with van der Waals surface area (Å²) in [4.78, 5) is 26.8. The number of amides is 2. The Balaban J connectivity index is 2.12. The van der Waals surface area contributed by atoms with Crippen LogP contribution >= 0.6 is 0 Å². The molecule has 1 atom stereocenters. The van der Waals surface area contributed by atoms with Crippen molar-refractivity contribution in [3.05, 3.63) is 35.4 Å². The number of benzene rings is 1. The first-order chi connectivity index (χ1) is 11.0. The first kappa shape index (κ1) is 17.0. The number of carbonyl (C=O) groups is 2. The van der Waals surface area contributed by atoms with Gasteiger partial charge in [0.25, 0.3) is 5.91 Å². The van der Waals surface area contributed by atoms with Gasteiger partial charge in [0.1, 0.15) is 0 Å². The Bertz CT molecular complexity index is 635. The molecular weight excluding hydrogens is 290 g/mol. The summed E-state index contributed by atoms with van der Waals surface area (Å²) < 4.78 is 0. The van der Waals surface area contributed by atoms with Crippen LogP contribution in [-0.4, -0.2) is 36.3 Å². The molecule has 5 heteroatoms. The van der Waals surface area contributed by atoms with Gasteiger partial charge in [0, 0.05) is 25.2 Å². The molecule has 2 rings (SSSR count). The van der Waals surface area contributed by atoms with E-state index in [9.17, 15) is 9.59 Å². The highest BCUT2D eigenvalue weighted by Crippen LogP contribution is 2.30. The summed E-state index contributed by atoms with van der Waals surface area (Å²) in [6.07, 6.45) is 2.48. The molecule has 2 amide bonds. The van der Waals surface area contributed by atoms with Gasteiger partial charge in [-0.3, -0.25) is 9.59 Å². The fourth-order valence-corrected chi connectivity index (χ4v) is 2.95. The molecule has 0 aromatic heterocycles. The third-order valence-corrected chi connectivity index (χ3v) is 4.31. The number of nitrogens with one attached hydrogen (secondary N) is 1. The summed E-state index contributed by atoms with van der Waals surface area (Å²) in [5, 5.41) is 11.9. The van der Waals surface area contributed by atoms with Crippen LogP contribution in [0.1, 0.15) is 49.0 Å². The van der Waals surface area contributed by atoms with Gasteiger partial charge in [-0.15, -0.1) is 0 Å². The summed E-state index contributed by atoms with van der Waals surface area (Å²) in [5.41, 5.74) is 0.425. The SMILES string of the molecule is CCCNC(=O)C1(C)CCCN(C(=O)c2cccc(C#N)c2)C1. The number of nitrogens with zero attached hydrogens (tertiary/aromatic N) is 2. The van der Waals surface area contributed by atoms with Crippen LogP contribution in [0.5, 0.6) is 0 Å². The number of hydrogen-bond donors (Lipinski definition) is 1. The Morgan fingerprint density at radius 1 is 1.43 bits per heavy atom. The van der Waals surface area contributed by atoms with Crippen molar-refractivity contribution in [2.24, 2.45) is 5.41 Å². The van der Waals surface area contributed by atoms with Crippen molar-refractivity contribution < 1.29 is 9.59 Å². The molecule has 1 aromatic carbocycles. The molecule has 0 bridgehead atoms. The van der Waals surface area contributed by atoms with Gasteiger partial charge in [-0.25, -0.2) is 0 Å². The van der Waals surface area contributed by atoms with Crippen LogP contribution < -0.4 is 5.32 Å². The summed E-state index contributed by atoms with van der Waals surface area (Å²) >= 11 is 0. The van der Waals surface area contributed by atoms with Crippen molar-refractivity contribution in [3.8, 4) is 6.07 Å². The maximum atomic E-state index is 12.7. The van der Waals surface area contributed by atoms with E-state index in [2.05, 4.69) is 5.32 Å². The average molecular weight is 313 g/mol. The Morgan fingerprint density at radius 2 is 2.22 bits per heavy atom. The molecule has 1 aliphatic rings. The van der Waals surface area contributed by atoms with E-state index in [0.717, 1.165) is 19.3 Å². The Morgan fingerprint density at radius 3 is 2.91 bits per heavy atom. The molecule has 23 heavy (non-hydrogen) atoms. The summed E-state index contributed by atoms with van der Waals surface area (Å²) in [6.45, 7) is 5.65. The maximum absolute atomic E-state index is 12.7. The monoisotopic (exact) mass is 313 g/mol. The van der Waals surface area contributed by atoms with Crippen LogP contribution in [0.15, 0.2) is 24.3 Å². The van der Waals surface area contributed by atoms with Crippen molar-refractivity contribution in [1.82, 2.24) is 10.2 Å². The zero-order valence-electron chi connectivity index (χ0n) is 13.8. The van der Waals surface area contributed by atoms with Crippen LogP contribution in [0, 0.1) is 16.7 Å². The summed E-state index contributed by atoms with van der Waals surface area (Å²) in [5.74, 6) is -0.0982. The summed E-state index contributed by atoms with van der Waals surface area (Å²) in [7, 11) is 0. The van der Waals surface area contributed by atoms with Gasteiger partial charge in [-0.05, 0) is 44.4 Å². The van der Waals surface area contributed by atoms with Crippen LogP contribution in [0.25, 0.3) is 0 Å². The minimum Gasteiger partial charge on any atom is -0.356 e. The number of hydrogen-bond acceptors (Lipinski definition) is 3. The zero-order valence-corrected chi connectivity index (χ0v) is 13.8. The van der Waals surface area contributed by atoms with Crippen molar-refractivity contribution >= 4 is 11.8 Å². The second-order valence-corrected chi connectivity index (χ2v) is 6.34. The van der Waals surface area contributed by atoms with Gasteiger partial charge in [0.15, 0.2) is 0 Å². The molecule has 1 aliphatic heterocycles. The average Bonchev–Trinajstić information content (AvgIpc) is 2.59. The lowest BCUT2D eigenvalue weighted by molar-refractivity contribution is -0.132. The second kappa shape index (κ2) is 7.28. The van der Waals surface area contributed by atoms with Crippen LogP contribution in [0.4, 0.5) is 0 Å². The third-order valence-electron chi connectivity index (χ3n) is 4.31. The van der Waals surface area contributed by atoms with Gasteiger partial charge >= 0.3 is 0 Å². The minimum absolute atomic E-state index is 0.0163. The van der Waals surface area contributed by atoms with Crippen molar-refractivity contribution in [2.45, 2.75) is 33.1 Å². The minimum atomic E-state index is -0.546. The fourth-order valence-electron chi connectivity index (χ4n) is 2.95. The molecule has 122 valence electrons. The summed E-state index contributed by atoms with van der Waals surface area (Å²) in [6, 6.07) is 8.75. The predicted octanol–water partition coefficient (Wildman–Crippen LogP) is 2.33. The Hall–Kier alpha value is -2.35.